The number of fused-ring (bicyclic) bond motifs is 1. The Hall–Kier alpha value is -1.81. The maximum atomic E-state index is 11.6. The van der Waals surface area contributed by atoms with Crippen LogP contribution in [-0.4, -0.2) is 24.3 Å². The molecule has 1 atom stereocenters. The van der Waals surface area contributed by atoms with Crippen LogP contribution in [0.4, 0.5) is 0 Å². The van der Waals surface area contributed by atoms with E-state index in [1.165, 1.54) is 0 Å². The first-order valence-corrected chi connectivity index (χ1v) is 5.91. The lowest BCUT2D eigenvalue weighted by Crippen LogP contribution is -2.43. The van der Waals surface area contributed by atoms with Gasteiger partial charge in [-0.05, 0) is 12.5 Å². The fourth-order valence-electron chi connectivity index (χ4n) is 2.12. The topological polar surface area (TPSA) is 55.8 Å². The van der Waals surface area contributed by atoms with Crippen molar-refractivity contribution in [2.45, 2.75) is 18.4 Å². The maximum Gasteiger partial charge on any atom is 0.340 e. The zero-order chi connectivity index (χ0) is 13.0. The van der Waals surface area contributed by atoms with Gasteiger partial charge in [0.25, 0.3) is 0 Å². The van der Waals surface area contributed by atoms with E-state index in [4.69, 9.17) is 9.47 Å². The number of aliphatic carboxylic acids is 1. The molecule has 18 heavy (non-hydrogen) atoms. The second-order valence-electron chi connectivity index (χ2n) is 4.15. The van der Waals surface area contributed by atoms with E-state index in [0.29, 0.717) is 37.4 Å². The van der Waals surface area contributed by atoms with Crippen molar-refractivity contribution >= 4 is 5.97 Å². The molecule has 0 radical (unpaired) electrons. The van der Waals surface area contributed by atoms with Crippen LogP contribution in [0, 0.1) is 0 Å². The Morgan fingerprint density at radius 1 is 1.56 bits per heavy atom. The number of carboxylic acids is 1. The number of hydrogen-bond acceptors (Lipinski definition) is 3. The first-order valence-electron chi connectivity index (χ1n) is 5.91. The lowest BCUT2D eigenvalue weighted by molar-refractivity contribution is -0.172. The van der Waals surface area contributed by atoms with E-state index >= 15 is 0 Å². The number of carboxylic acid groups (broad SMARTS) is 1. The minimum absolute atomic E-state index is 0.316. The molecular formula is C14H16O4. The summed E-state index contributed by atoms with van der Waals surface area (Å²) in [4.78, 5) is 11.6. The summed E-state index contributed by atoms with van der Waals surface area (Å²) in [5.41, 5.74) is -0.703. The number of rotatable bonds is 5. The second kappa shape index (κ2) is 5.23. The molecular weight excluding hydrogens is 232 g/mol. The van der Waals surface area contributed by atoms with E-state index in [0.717, 1.165) is 0 Å². The largest absolute Gasteiger partial charge is 0.493 e. The summed E-state index contributed by atoms with van der Waals surface area (Å²) in [5, 5.41) is 9.53. The van der Waals surface area contributed by atoms with Crippen molar-refractivity contribution in [3.63, 3.8) is 0 Å². The molecule has 0 aliphatic carbocycles. The van der Waals surface area contributed by atoms with E-state index in [9.17, 15) is 9.90 Å². The maximum absolute atomic E-state index is 11.6. The van der Waals surface area contributed by atoms with Gasteiger partial charge in [0.2, 0.25) is 0 Å². The summed E-state index contributed by atoms with van der Waals surface area (Å²) in [6.07, 6.45) is 2.65. The Morgan fingerprint density at radius 2 is 2.33 bits per heavy atom. The van der Waals surface area contributed by atoms with Gasteiger partial charge in [0.05, 0.1) is 13.2 Å². The third kappa shape index (κ3) is 2.11. The van der Waals surface area contributed by atoms with Gasteiger partial charge in [0.1, 0.15) is 5.75 Å². The summed E-state index contributed by atoms with van der Waals surface area (Å²) in [7, 11) is 0. The monoisotopic (exact) mass is 248 g/mol. The number of hydrogen-bond donors (Lipinski definition) is 1. The van der Waals surface area contributed by atoms with Crippen molar-refractivity contribution in [1.82, 2.24) is 0 Å². The molecule has 1 aromatic carbocycles. The van der Waals surface area contributed by atoms with Crippen LogP contribution in [0.25, 0.3) is 0 Å². The third-order valence-electron chi connectivity index (χ3n) is 3.05. The molecule has 0 fully saturated rings. The molecule has 0 amide bonds. The molecule has 2 rings (SSSR count). The molecule has 0 bridgehead atoms. The van der Waals surface area contributed by atoms with Crippen LogP contribution in [0.5, 0.6) is 5.75 Å². The van der Waals surface area contributed by atoms with Crippen LogP contribution >= 0.6 is 0 Å². The van der Waals surface area contributed by atoms with Crippen LogP contribution in [-0.2, 0) is 15.1 Å². The van der Waals surface area contributed by atoms with E-state index in [1.54, 1.807) is 24.3 Å². The minimum Gasteiger partial charge on any atom is -0.493 e. The van der Waals surface area contributed by atoms with E-state index in [-0.39, 0.29) is 0 Å². The zero-order valence-corrected chi connectivity index (χ0v) is 10.1. The smallest absolute Gasteiger partial charge is 0.340 e. The average molecular weight is 248 g/mol. The molecule has 1 aliphatic heterocycles. The quantitative estimate of drug-likeness (QED) is 0.642. The molecule has 4 nitrogen and oxygen atoms in total. The van der Waals surface area contributed by atoms with Gasteiger partial charge in [-0.2, -0.15) is 0 Å². The number of carbonyl (C=O) groups is 1. The van der Waals surface area contributed by atoms with Gasteiger partial charge in [-0.3, -0.25) is 0 Å². The third-order valence-corrected chi connectivity index (χ3v) is 3.05. The summed E-state index contributed by atoms with van der Waals surface area (Å²) in [5.74, 6) is -0.382. The Labute approximate surface area is 106 Å². The molecule has 1 heterocycles. The van der Waals surface area contributed by atoms with Crippen molar-refractivity contribution in [2.24, 2.45) is 0 Å². The van der Waals surface area contributed by atoms with Gasteiger partial charge in [-0.15, -0.1) is 6.58 Å². The summed E-state index contributed by atoms with van der Waals surface area (Å²) in [6, 6.07) is 7.13. The molecule has 0 aromatic heterocycles. The lowest BCUT2D eigenvalue weighted by Gasteiger charge is -2.35. The summed E-state index contributed by atoms with van der Waals surface area (Å²) >= 11 is 0. The fraction of sp³-hybridized carbons (Fsp3) is 0.357. The molecule has 0 saturated heterocycles. The molecule has 0 saturated carbocycles. The van der Waals surface area contributed by atoms with Crippen molar-refractivity contribution < 1.29 is 19.4 Å². The van der Waals surface area contributed by atoms with E-state index < -0.39 is 11.6 Å². The second-order valence-corrected chi connectivity index (χ2v) is 4.15. The SMILES string of the molecule is C=CCCOC1(C(=O)O)CCOc2ccccc21. The van der Waals surface area contributed by atoms with Crippen LogP contribution < -0.4 is 4.74 Å². The van der Waals surface area contributed by atoms with Crippen LogP contribution in [0.3, 0.4) is 0 Å². The zero-order valence-electron chi connectivity index (χ0n) is 10.1. The van der Waals surface area contributed by atoms with E-state index in [1.807, 2.05) is 6.07 Å². The molecule has 1 aliphatic rings. The van der Waals surface area contributed by atoms with Crippen molar-refractivity contribution in [3.8, 4) is 5.75 Å². The standard InChI is InChI=1S/C14H16O4/c1-2-3-9-18-14(13(15)16)8-10-17-12-7-5-4-6-11(12)14/h2,4-7H,1,3,8-10H2,(H,15,16). The normalized spacial score (nSPS) is 21.8. The summed E-state index contributed by atoms with van der Waals surface area (Å²) < 4.78 is 11.1. The highest BCUT2D eigenvalue weighted by atomic mass is 16.5. The number of benzene rings is 1. The fourth-order valence-corrected chi connectivity index (χ4v) is 2.12. The van der Waals surface area contributed by atoms with Gasteiger partial charge >= 0.3 is 5.97 Å². The van der Waals surface area contributed by atoms with Crippen molar-refractivity contribution in [2.75, 3.05) is 13.2 Å². The lowest BCUT2D eigenvalue weighted by atomic mass is 9.88. The van der Waals surface area contributed by atoms with Gasteiger partial charge in [0.15, 0.2) is 5.60 Å². The number of ether oxygens (including phenoxy) is 2. The van der Waals surface area contributed by atoms with Crippen LogP contribution in [0.15, 0.2) is 36.9 Å². The highest BCUT2D eigenvalue weighted by molar-refractivity contribution is 5.81. The minimum atomic E-state index is -1.29. The highest BCUT2D eigenvalue weighted by Gasteiger charge is 2.45. The molecule has 1 N–H and O–H groups in total. The van der Waals surface area contributed by atoms with Gasteiger partial charge in [-0.25, -0.2) is 4.79 Å². The van der Waals surface area contributed by atoms with Crippen LogP contribution in [0.1, 0.15) is 18.4 Å². The van der Waals surface area contributed by atoms with Gasteiger partial charge in [-0.1, -0.05) is 24.3 Å². The molecule has 4 heteroatoms. The Balaban J connectivity index is 2.36. The molecule has 1 aromatic rings. The highest BCUT2D eigenvalue weighted by Crippen LogP contribution is 2.40. The predicted molar refractivity (Wildman–Crippen MR) is 66.6 cm³/mol. The molecule has 1 unspecified atom stereocenters. The first-order chi connectivity index (χ1) is 8.70. The predicted octanol–water partition coefficient (Wildman–Crippen LogP) is 2.34. The van der Waals surface area contributed by atoms with Gasteiger partial charge in [0, 0.05) is 12.0 Å². The Bertz CT molecular complexity index is 455. The van der Waals surface area contributed by atoms with Crippen molar-refractivity contribution in [1.29, 1.82) is 0 Å². The van der Waals surface area contributed by atoms with Crippen molar-refractivity contribution in [3.05, 3.63) is 42.5 Å². The van der Waals surface area contributed by atoms with Crippen LogP contribution in [0.2, 0.25) is 0 Å². The Kier molecular flexibility index (Phi) is 3.67. The van der Waals surface area contributed by atoms with Gasteiger partial charge < -0.3 is 14.6 Å². The molecule has 96 valence electrons. The van der Waals surface area contributed by atoms with E-state index in [2.05, 4.69) is 6.58 Å². The molecule has 0 spiro atoms. The average Bonchev–Trinajstić information content (AvgIpc) is 2.39. The summed E-state index contributed by atoms with van der Waals surface area (Å²) in [6.45, 7) is 4.29. The first kappa shape index (κ1) is 12.6. The Morgan fingerprint density at radius 3 is 3.06 bits per heavy atom. The number of para-hydroxylation sites is 1.